The van der Waals surface area contributed by atoms with E-state index in [9.17, 15) is 0 Å². The number of aromatic nitrogens is 2. The number of H-pyrrole nitrogens is 1. The van der Waals surface area contributed by atoms with Gasteiger partial charge in [-0.2, -0.15) is 5.10 Å². The Bertz CT molecular complexity index is 412. The summed E-state index contributed by atoms with van der Waals surface area (Å²) in [5.41, 5.74) is 8.96. The predicted molar refractivity (Wildman–Crippen MR) is 74.0 cm³/mol. The molecule has 0 aromatic carbocycles. The van der Waals surface area contributed by atoms with Crippen LogP contribution in [0.4, 0.5) is 5.82 Å². The lowest BCUT2D eigenvalue weighted by Crippen LogP contribution is -2.43. The SMILES string of the molecule is CCC1CCCc2c(N3CCCC(N)C3)n[nH]c21. The summed E-state index contributed by atoms with van der Waals surface area (Å²) in [5.74, 6) is 1.88. The molecule has 0 bridgehead atoms. The van der Waals surface area contributed by atoms with E-state index in [1.807, 2.05) is 0 Å². The molecule has 3 rings (SSSR count). The van der Waals surface area contributed by atoms with Crippen molar-refractivity contribution in [2.45, 2.75) is 57.4 Å². The number of piperidine rings is 1. The van der Waals surface area contributed by atoms with Crippen molar-refractivity contribution in [2.24, 2.45) is 5.73 Å². The van der Waals surface area contributed by atoms with Crippen molar-refractivity contribution in [3.8, 4) is 0 Å². The number of anilines is 1. The first-order valence-corrected chi connectivity index (χ1v) is 7.37. The van der Waals surface area contributed by atoms with Crippen molar-refractivity contribution < 1.29 is 0 Å². The molecule has 2 unspecified atom stereocenters. The third-order valence-electron chi connectivity index (χ3n) is 4.52. The number of hydrogen-bond acceptors (Lipinski definition) is 3. The van der Waals surface area contributed by atoms with E-state index >= 15 is 0 Å². The molecular weight excluding hydrogens is 224 g/mol. The Morgan fingerprint density at radius 3 is 3.06 bits per heavy atom. The smallest absolute Gasteiger partial charge is 0.153 e. The van der Waals surface area contributed by atoms with Crippen molar-refractivity contribution in [3.63, 3.8) is 0 Å². The summed E-state index contributed by atoms with van der Waals surface area (Å²) in [4.78, 5) is 2.39. The van der Waals surface area contributed by atoms with E-state index in [0.717, 1.165) is 19.5 Å². The molecule has 4 heteroatoms. The highest BCUT2D eigenvalue weighted by Gasteiger charge is 2.28. The molecule has 1 fully saturated rings. The van der Waals surface area contributed by atoms with E-state index in [2.05, 4.69) is 22.0 Å². The molecule has 1 aromatic rings. The molecule has 0 spiro atoms. The van der Waals surface area contributed by atoms with E-state index in [1.54, 1.807) is 0 Å². The van der Waals surface area contributed by atoms with Gasteiger partial charge in [-0.15, -0.1) is 0 Å². The predicted octanol–water partition coefficient (Wildman–Crippen LogP) is 2.17. The van der Waals surface area contributed by atoms with Crippen LogP contribution in [-0.4, -0.2) is 29.3 Å². The summed E-state index contributed by atoms with van der Waals surface area (Å²) in [6.07, 6.45) is 7.36. The highest BCUT2D eigenvalue weighted by Crippen LogP contribution is 2.37. The van der Waals surface area contributed by atoms with Crippen LogP contribution in [0.1, 0.15) is 56.2 Å². The molecule has 3 N–H and O–H groups in total. The second-order valence-electron chi connectivity index (χ2n) is 5.79. The quantitative estimate of drug-likeness (QED) is 0.843. The van der Waals surface area contributed by atoms with Gasteiger partial charge in [0.25, 0.3) is 0 Å². The summed E-state index contributed by atoms with van der Waals surface area (Å²) in [6, 6.07) is 0.316. The van der Waals surface area contributed by atoms with Crippen molar-refractivity contribution >= 4 is 5.82 Å². The Morgan fingerprint density at radius 2 is 2.28 bits per heavy atom. The number of aromatic amines is 1. The second kappa shape index (κ2) is 4.92. The normalized spacial score (nSPS) is 28.2. The molecular formula is C14H24N4. The van der Waals surface area contributed by atoms with Gasteiger partial charge in [-0.1, -0.05) is 6.92 Å². The minimum Gasteiger partial charge on any atom is -0.353 e. The fraction of sp³-hybridized carbons (Fsp3) is 0.786. The molecule has 18 heavy (non-hydrogen) atoms. The Morgan fingerprint density at radius 1 is 1.39 bits per heavy atom. The van der Waals surface area contributed by atoms with Crippen LogP contribution in [0.15, 0.2) is 0 Å². The van der Waals surface area contributed by atoms with E-state index in [0.29, 0.717) is 12.0 Å². The number of rotatable bonds is 2. The zero-order valence-electron chi connectivity index (χ0n) is 11.3. The van der Waals surface area contributed by atoms with Crippen LogP contribution in [0, 0.1) is 0 Å². The molecule has 2 aliphatic rings. The number of nitrogens with zero attached hydrogens (tertiary/aromatic N) is 2. The molecule has 1 aliphatic carbocycles. The van der Waals surface area contributed by atoms with Crippen LogP contribution in [0.25, 0.3) is 0 Å². The molecule has 4 nitrogen and oxygen atoms in total. The molecule has 100 valence electrons. The maximum atomic E-state index is 6.08. The Labute approximate surface area is 109 Å². The molecule has 1 aromatic heterocycles. The summed E-state index contributed by atoms with van der Waals surface area (Å²) >= 11 is 0. The number of nitrogens with two attached hydrogens (primary N) is 1. The summed E-state index contributed by atoms with van der Waals surface area (Å²) in [7, 11) is 0. The fourth-order valence-electron chi connectivity index (χ4n) is 3.49. The van der Waals surface area contributed by atoms with E-state index < -0.39 is 0 Å². The van der Waals surface area contributed by atoms with Gasteiger partial charge >= 0.3 is 0 Å². The summed E-state index contributed by atoms with van der Waals surface area (Å²) < 4.78 is 0. The zero-order chi connectivity index (χ0) is 12.5. The van der Waals surface area contributed by atoms with Gasteiger partial charge in [0.15, 0.2) is 5.82 Å². The van der Waals surface area contributed by atoms with Crippen LogP contribution in [0.2, 0.25) is 0 Å². The lowest BCUT2D eigenvalue weighted by Gasteiger charge is -2.32. The number of nitrogens with one attached hydrogen (secondary N) is 1. The monoisotopic (exact) mass is 248 g/mol. The Balaban J connectivity index is 1.87. The van der Waals surface area contributed by atoms with Gasteiger partial charge in [-0.25, -0.2) is 0 Å². The zero-order valence-corrected chi connectivity index (χ0v) is 11.3. The Hall–Kier alpha value is -1.03. The third kappa shape index (κ3) is 2.03. The lowest BCUT2D eigenvalue weighted by molar-refractivity contribution is 0.500. The fourth-order valence-corrected chi connectivity index (χ4v) is 3.49. The maximum absolute atomic E-state index is 6.08. The van der Waals surface area contributed by atoms with Crippen LogP contribution < -0.4 is 10.6 Å². The minimum atomic E-state index is 0.316. The maximum Gasteiger partial charge on any atom is 0.153 e. The first kappa shape index (κ1) is 12.0. The molecule has 2 heterocycles. The number of fused-ring (bicyclic) bond motifs is 1. The highest BCUT2D eigenvalue weighted by molar-refractivity contribution is 5.51. The minimum absolute atomic E-state index is 0.316. The van der Waals surface area contributed by atoms with Gasteiger partial charge in [0.2, 0.25) is 0 Å². The lowest BCUT2D eigenvalue weighted by atomic mass is 9.86. The summed E-state index contributed by atoms with van der Waals surface area (Å²) in [6.45, 7) is 4.35. The molecule has 2 atom stereocenters. The summed E-state index contributed by atoms with van der Waals surface area (Å²) in [5, 5.41) is 7.91. The molecule has 1 aliphatic heterocycles. The van der Waals surface area contributed by atoms with Crippen LogP contribution in [0.3, 0.4) is 0 Å². The second-order valence-corrected chi connectivity index (χ2v) is 5.79. The van der Waals surface area contributed by atoms with Gasteiger partial charge in [0.05, 0.1) is 0 Å². The van der Waals surface area contributed by atoms with Gasteiger partial charge in [0, 0.05) is 36.3 Å². The van der Waals surface area contributed by atoms with Crippen molar-refractivity contribution in [2.75, 3.05) is 18.0 Å². The largest absolute Gasteiger partial charge is 0.353 e. The van der Waals surface area contributed by atoms with E-state index in [1.165, 1.54) is 49.2 Å². The molecule has 0 saturated carbocycles. The van der Waals surface area contributed by atoms with Gasteiger partial charge in [-0.3, -0.25) is 5.10 Å². The first-order chi connectivity index (χ1) is 8.79. The van der Waals surface area contributed by atoms with Crippen molar-refractivity contribution in [1.82, 2.24) is 10.2 Å². The van der Waals surface area contributed by atoms with Crippen LogP contribution in [-0.2, 0) is 6.42 Å². The van der Waals surface area contributed by atoms with Crippen LogP contribution in [0.5, 0.6) is 0 Å². The topological polar surface area (TPSA) is 57.9 Å². The van der Waals surface area contributed by atoms with Gasteiger partial charge in [0.1, 0.15) is 0 Å². The molecule has 1 saturated heterocycles. The highest BCUT2D eigenvalue weighted by atomic mass is 15.3. The van der Waals surface area contributed by atoms with Crippen molar-refractivity contribution in [1.29, 1.82) is 0 Å². The van der Waals surface area contributed by atoms with E-state index in [-0.39, 0.29) is 0 Å². The van der Waals surface area contributed by atoms with E-state index in [4.69, 9.17) is 5.73 Å². The van der Waals surface area contributed by atoms with Gasteiger partial charge < -0.3 is 10.6 Å². The average Bonchev–Trinajstić information content (AvgIpc) is 2.82. The standard InChI is InChI=1S/C14H24N4/c1-2-10-5-3-7-12-13(10)16-17-14(12)18-8-4-6-11(15)9-18/h10-11H,2-9,15H2,1H3,(H,16,17). The van der Waals surface area contributed by atoms with Gasteiger partial charge in [-0.05, 0) is 38.5 Å². The molecule has 0 amide bonds. The third-order valence-corrected chi connectivity index (χ3v) is 4.52. The first-order valence-electron chi connectivity index (χ1n) is 7.37. The van der Waals surface area contributed by atoms with Crippen molar-refractivity contribution in [3.05, 3.63) is 11.3 Å². The average molecular weight is 248 g/mol. The number of hydrogen-bond donors (Lipinski definition) is 2. The van der Waals surface area contributed by atoms with Crippen LogP contribution >= 0.6 is 0 Å². The Kier molecular flexibility index (Phi) is 3.29. The molecule has 0 radical (unpaired) electrons.